The number of hydrogen-bond acceptors (Lipinski definition) is 6. The summed E-state index contributed by atoms with van der Waals surface area (Å²) in [5.41, 5.74) is 1.34. The van der Waals surface area contributed by atoms with Gasteiger partial charge in [0.2, 0.25) is 0 Å². The van der Waals surface area contributed by atoms with Crippen LogP contribution in [0.5, 0.6) is 0 Å². The zero-order chi connectivity index (χ0) is 15.0. The number of fused-ring (bicyclic) bond motifs is 1. The Morgan fingerprint density at radius 1 is 1.43 bits per heavy atom. The van der Waals surface area contributed by atoms with E-state index in [1.54, 1.807) is 23.6 Å². The smallest absolute Gasteiger partial charge is 0.350 e. The van der Waals surface area contributed by atoms with Gasteiger partial charge in [-0.05, 0) is 26.0 Å². The molecule has 0 N–H and O–H groups in total. The summed E-state index contributed by atoms with van der Waals surface area (Å²) in [5.74, 6) is 0.346. The molecule has 0 aliphatic rings. The van der Waals surface area contributed by atoms with Gasteiger partial charge in [-0.25, -0.2) is 19.7 Å². The number of aromatic nitrogens is 4. The molecule has 0 aromatic carbocycles. The van der Waals surface area contributed by atoms with Crippen LogP contribution in [0.3, 0.4) is 0 Å². The van der Waals surface area contributed by atoms with Gasteiger partial charge in [-0.1, -0.05) is 22.9 Å². The summed E-state index contributed by atoms with van der Waals surface area (Å²) in [5, 5.41) is 0.985. The molecule has 0 radical (unpaired) electrons. The molecule has 0 spiro atoms. The van der Waals surface area contributed by atoms with Crippen LogP contribution >= 0.6 is 22.9 Å². The van der Waals surface area contributed by atoms with Gasteiger partial charge in [0.1, 0.15) is 21.4 Å². The van der Waals surface area contributed by atoms with Gasteiger partial charge >= 0.3 is 5.97 Å². The lowest BCUT2D eigenvalue weighted by atomic mass is 10.4. The molecule has 0 saturated heterocycles. The molecule has 0 bridgehead atoms. The number of aryl methyl sites for hydroxylation is 1. The van der Waals surface area contributed by atoms with E-state index in [9.17, 15) is 4.79 Å². The molecule has 3 aromatic rings. The van der Waals surface area contributed by atoms with E-state index < -0.39 is 0 Å². The van der Waals surface area contributed by atoms with Crippen molar-refractivity contribution >= 4 is 40.1 Å². The third kappa shape index (κ3) is 2.50. The molecule has 8 heteroatoms. The highest BCUT2D eigenvalue weighted by Gasteiger charge is 2.17. The van der Waals surface area contributed by atoms with Crippen LogP contribution in [0.15, 0.2) is 18.3 Å². The quantitative estimate of drug-likeness (QED) is 0.547. The fourth-order valence-electron chi connectivity index (χ4n) is 1.94. The fraction of sp³-hybridized carbons (Fsp3) is 0.231. The molecule has 0 saturated carbocycles. The van der Waals surface area contributed by atoms with Crippen LogP contribution in [0.2, 0.25) is 5.15 Å². The number of carbonyl (C=O) groups is 1. The largest absolute Gasteiger partial charge is 0.462 e. The zero-order valence-corrected chi connectivity index (χ0v) is 12.9. The van der Waals surface area contributed by atoms with Crippen LogP contribution in [0.1, 0.15) is 22.4 Å². The zero-order valence-electron chi connectivity index (χ0n) is 11.3. The number of rotatable bonds is 3. The van der Waals surface area contributed by atoms with Gasteiger partial charge in [0, 0.05) is 0 Å². The molecule has 0 aliphatic heterocycles. The number of thiazole rings is 1. The predicted molar refractivity (Wildman–Crippen MR) is 80.2 cm³/mol. The van der Waals surface area contributed by atoms with Crippen molar-refractivity contribution in [3.05, 3.63) is 34.2 Å². The molecule has 6 nitrogen and oxygen atoms in total. The van der Waals surface area contributed by atoms with E-state index in [-0.39, 0.29) is 5.97 Å². The second-order valence-corrected chi connectivity index (χ2v) is 5.60. The maximum absolute atomic E-state index is 11.7. The summed E-state index contributed by atoms with van der Waals surface area (Å²) in [4.78, 5) is 25.1. The first-order valence-electron chi connectivity index (χ1n) is 6.25. The van der Waals surface area contributed by atoms with Crippen molar-refractivity contribution in [1.82, 2.24) is 19.5 Å². The number of carbonyl (C=O) groups excluding carboxylic acids is 1. The van der Waals surface area contributed by atoms with Gasteiger partial charge in [-0.15, -0.1) is 0 Å². The first-order chi connectivity index (χ1) is 10.1. The highest BCUT2D eigenvalue weighted by atomic mass is 35.5. The lowest BCUT2D eigenvalue weighted by Crippen LogP contribution is -2.01. The van der Waals surface area contributed by atoms with Crippen LogP contribution < -0.4 is 0 Å². The Hall–Kier alpha value is -1.99. The molecule has 0 atom stereocenters. The van der Waals surface area contributed by atoms with E-state index in [0.717, 1.165) is 11.3 Å². The summed E-state index contributed by atoms with van der Waals surface area (Å²) in [7, 11) is 0. The number of imidazole rings is 1. The van der Waals surface area contributed by atoms with Gasteiger partial charge in [0.25, 0.3) is 0 Å². The number of esters is 1. The molecular weight excluding hydrogens is 312 g/mol. The Morgan fingerprint density at radius 3 is 3.00 bits per heavy atom. The van der Waals surface area contributed by atoms with Crippen molar-refractivity contribution in [1.29, 1.82) is 0 Å². The van der Waals surface area contributed by atoms with Crippen LogP contribution in [0.25, 0.3) is 16.3 Å². The third-order valence-corrected chi connectivity index (χ3v) is 3.97. The Balaban J connectivity index is 2.10. The minimum Gasteiger partial charge on any atom is -0.462 e. The molecular formula is C13H11ClN4O2S. The standard InChI is InChI=1S/C13H11ClN4O2S/c1-3-20-12(19)9-6-15-13(21-9)18-7(2)16-8-4-5-10(14)17-11(8)18/h4-6H,3H2,1-2H3. The highest BCUT2D eigenvalue weighted by Crippen LogP contribution is 2.25. The highest BCUT2D eigenvalue weighted by molar-refractivity contribution is 7.16. The monoisotopic (exact) mass is 322 g/mol. The molecule has 3 heterocycles. The Labute approximate surface area is 129 Å². The summed E-state index contributed by atoms with van der Waals surface area (Å²) in [6, 6.07) is 3.49. The van der Waals surface area contributed by atoms with Crippen molar-refractivity contribution in [3.63, 3.8) is 0 Å². The van der Waals surface area contributed by atoms with Gasteiger partial charge in [-0.2, -0.15) is 0 Å². The molecule has 108 valence electrons. The first-order valence-corrected chi connectivity index (χ1v) is 7.44. The lowest BCUT2D eigenvalue weighted by molar-refractivity contribution is 0.0532. The normalized spacial score (nSPS) is 11.0. The van der Waals surface area contributed by atoms with Crippen LogP contribution in [0.4, 0.5) is 0 Å². The van der Waals surface area contributed by atoms with E-state index in [0.29, 0.717) is 27.4 Å². The van der Waals surface area contributed by atoms with Gasteiger partial charge in [0.05, 0.1) is 12.8 Å². The molecule has 0 amide bonds. The minimum absolute atomic E-state index is 0.330. The molecule has 0 aliphatic carbocycles. The second-order valence-electron chi connectivity index (χ2n) is 4.20. The average molecular weight is 323 g/mol. The van der Waals surface area contributed by atoms with Crippen molar-refractivity contribution < 1.29 is 9.53 Å². The molecule has 21 heavy (non-hydrogen) atoms. The number of halogens is 1. The first kappa shape index (κ1) is 14.0. The van der Waals surface area contributed by atoms with E-state index in [1.807, 2.05) is 6.92 Å². The SMILES string of the molecule is CCOC(=O)c1cnc(-n2c(C)nc3ccc(Cl)nc32)s1. The van der Waals surface area contributed by atoms with Crippen molar-refractivity contribution in [3.8, 4) is 5.13 Å². The van der Waals surface area contributed by atoms with E-state index in [1.165, 1.54) is 17.5 Å². The van der Waals surface area contributed by atoms with Crippen molar-refractivity contribution in [2.45, 2.75) is 13.8 Å². The maximum atomic E-state index is 11.7. The number of ether oxygens (including phenoxy) is 1. The summed E-state index contributed by atoms with van der Waals surface area (Å²) < 4.78 is 6.74. The van der Waals surface area contributed by atoms with Gasteiger partial charge in [0.15, 0.2) is 10.8 Å². The third-order valence-electron chi connectivity index (χ3n) is 2.80. The topological polar surface area (TPSA) is 69.9 Å². The summed E-state index contributed by atoms with van der Waals surface area (Å²) >= 11 is 7.17. The molecule has 3 rings (SSSR count). The average Bonchev–Trinajstić information content (AvgIpc) is 3.02. The number of nitrogens with zero attached hydrogens (tertiary/aromatic N) is 4. The number of pyridine rings is 1. The van der Waals surface area contributed by atoms with E-state index >= 15 is 0 Å². The Bertz CT molecular complexity index is 827. The molecule has 0 fully saturated rings. The van der Waals surface area contributed by atoms with Crippen molar-refractivity contribution in [2.24, 2.45) is 0 Å². The van der Waals surface area contributed by atoms with E-state index in [2.05, 4.69) is 15.0 Å². The maximum Gasteiger partial charge on any atom is 0.350 e. The lowest BCUT2D eigenvalue weighted by Gasteiger charge is -2.01. The number of hydrogen-bond donors (Lipinski definition) is 0. The Morgan fingerprint density at radius 2 is 2.24 bits per heavy atom. The minimum atomic E-state index is -0.380. The predicted octanol–water partition coefficient (Wildman–Crippen LogP) is 3.02. The van der Waals surface area contributed by atoms with Gasteiger partial charge in [-0.3, -0.25) is 4.57 Å². The summed E-state index contributed by atoms with van der Waals surface area (Å²) in [6.45, 7) is 3.94. The van der Waals surface area contributed by atoms with Crippen molar-refractivity contribution in [2.75, 3.05) is 6.61 Å². The van der Waals surface area contributed by atoms with E-state index in [4.69, 9.17) is 16.3 Å². The van der Waals surface area contributed by atoms with Gasteiger partial charge < -0.3 is 4.74 Å². The van der Waals surface area contributed by atoms with Crippen LogP contribution in [-0.2, 0) is 4.74 Å². The van der Waals surface area contributed by atoms with Crippen LogP contribution in [-0.4, -0.2) is 32.1 Å². The second kappa shape index (κ2) is 5.42. The molecule has 3 aromatic heterocycles. The fourth-order valence-corrected chi connectivity index (χ4v) is 2.94. The van der Waals surface area contributed by atoms with Crippen LogP contribution in [0, 0.1) is 6.92 Å². The molecule has 0 unspecified atom stereocenters. The Kier molecular flexibility index (Phi) is 3.60. The summed E-state index contributed by atoms with van der Waals surface area (Å²) in [6.07, 6.45) is 1.49.